The summed E-state index contributed by atoms with van der Waals surface area (Å²) < 4.78 is 54.4. The fraction of sp³-hybridized carbons (Fsp3) is 0.511. The molecule has 5 aliphatic rings. The number of carbonyl (C=O) groups excluding carboxylic acids is 2. The van der Waals surface area contributed by atoms with Gasteiger partial charge in [0, 0.05) is 56.6 Å². The molecule has 3 aromatic heterocycles. The lowest BCUT2D eigenvalue weighted by atomic mass is 9.84. The van der Waals surface area contributed by atoms with E-state index in [0.717, 1.165) is 68.6 Å². The first kappa shape index (κ1) is 40.4. The van der Waals surface area contributed by atoms with E-state index in [9.17, 15) is 14.4 Å². The molecule has 1 saturated carbocycles. The van der Waals surface area contributed by atoms with Crippen LogP contribution in [-0.4, -0.2) is 92.3 Å². The van der Waals surface area contributed by atoms with Crippen LogP contribution in [0.15, 0.2) is 47.4 Å². The van der Waals surface area contributed by atoms with Gasteiger partial charge in [0.15, 0.2) is 18.2 Å². The number of piperidine rings is 3. The van der Waals surface area contributed by atoms with Crippen molar-refractivity contribution in [3.05, 3.63) is 70.0 Å². The van der Waals surface area contributed by atoms with Crippen LogP contribution in [0.2, 0.25) is 0 Å². The molecular weight excluding hydrogens is 802 g/mol. The van der Waals surface area contributed by atoms with Crippen molar-refractivity contribution in [2.24, 2.45) is 31.8 Å². The first-order chi connectivity index (χ1) is 29.8. The van der Waals surface area contributed by atoms with Crippen LogP contribution in [0, 0.1) is 23.6 Å². The fourth-order valence-electron chi connectivity index (χ4n) is 10.2. The number of hydrogen-bond donors (Lipinski definition) is 3. The van der Waals surface area contributed by atoms with E-state index in [-0.39, 0.29) is 35.0 Å². The average molecular weight is 853 g/mol. The van der Waals surface area contributed by atoms with Crippen molar-refractivity contribution in [1.82, 2.24) is 34.5 Å². The fourth-order valence-corrected chi connectivity index (χ4v) is 10.2. The summed E-state index contributed by atoms with van der Waals surface area (Å²) in [5.74, 6) is -3.41. The number of hydrogen-bond acceptors (Lipinski definition) is 11. The molecule has 4 aliphatic heterocycles. The molecule has 2 amide bonds. The number of pyridine rings is 1. The van der Waals surface area contributed by atoms with Gasteiger partial charge in [0.2, 0.25) is 23.5 Å². The minimum atomic E-state index is -3.16. The number of aromatic nitrogens is 5. The Kier molecular flexibility index (Phi) is 10.1. The van der Waals surface area contributed by atoms with Gasteiger partial charge in [0.1, 0.15) is 0 Å². The molecule has 62 heavy (non-hydrogen) atoms. The van der Waals surface area contributed by atoms with Crippen LogP contribution in [0.3, 0.4) is 0 Å². The van der Waals surface area contributed by atoms with Crippen LogP contribution in [0.1, 0.15) is 75.0 Å². The van der Waals surface area contributed by atoms with E-state index in [1.165, 1.54) is 16.3 Å². The molecule has 0 bridgehead atoms. The number of amides is 2. The molecule has 1 aliphatic carbocycles. The number of halogens is 3. The standard InChI is InChI=1S/C45H51F3N10O4/c1-24-21-58(17-14-28(24)22-57-15-12-25(13-16-57)27-6-8-30-35(18-27)56(3)54-37(30)31-9-11-36(59)51-42(31)60)44-49-20-33(46)41(53-44)50-29-7-10-34-32(19-29)38-39(43(61)55(34)2)62-23-45(47,48)40(52-38)26-4-5-26/h6-8,10,18-20,24-26,28,31,40,52H,4-5,9,11-17,21-23H2,1-3H3,(H,49,50,53)(H,51,59,60)/t24-,28?,31?,40-/m0/s1. The van der Waals surface area contributed by atoms with Gasteiger partial charge in [-0.3, -0.25) is 24.4 Å². The topological polar surface area (TPSA) is 152 Å². The number of likely N-dealkylation sites (tertiary alicyclic amines) is 1. The highest BCUT2D eigenvalue weighted by atomic mass is 19.3. The van der Waals surface area contributed by atoms with Gasteiger partial charge in [0.25, 0.3) is 5.56 Å². The summed E-state index contributed by atoms with van der Waals surface area (Å²) in [6.45, 7) is 5.84. The SMILES string of the molecule is C[C@H]1CN(c2ncc(F)c(Nc3ccc4c(c3)c3c(c(=O)n4C)OCC(F)(F)[C@H](C4CC4)N3)n2)CCC1CN1CCC(c2ccc3c(C4CCC(=O)NC4=O)nn(C)c3c2)CC1. The lowest BCUT2D eigenvalue weighted by Gasteiger charge is -2.41. The third-order valence-corrected chi connectivity index (χ3v) is 14.0. The number of rotatable bonds is 8. The second-order valence-electron chi connectivity index (χ2n) is 18.1. The summed E-state index contributed by atoms with van der Waals surface area (Å²) in [7, 11) is 3.48. The normalized spacial score (nSPS) is 24.6. The van der Waals surface area contributed by atoms with E-state index in [1.54, 1.807) is 25.2 Å². The van der Waals surface area contributed by atoms with E-state index in [1.807, 2.05) is 11.7 Å². The molecule has 4 atom stereocenters. The van der Waals surface area contributed by atoms with E-state index >= 15 is 13.2 Å². The summed E-state index contributed by atoms with van der Waals surface area (Å²) in [5.41, 5.74) is 3.72. The Labute approximate surface area is 356 Å². The molecule has 2 aromatic carbocycles. The predicted molar refractivity (Wildman–Crippen MR) is 229 cm³/mol. The third kappa shape index (κ3) is 7.41. The summed E-state index contributed by atoms with van der Waals surface area (Å²) in [6, 6.07) is 10.4. The second-order valence-corrected chi connectivity index (χ2v) is 18.1. The summed E-state index contributed by atoms with van der Waals surface area (Å²) in [4.78, 5) is 51.2. The zero-order chi connectivity index (χ0) is 43.0. The van der Waals surface area contributed by atoms with Crippen molar-refractivity contribution in [3.63, 3.8) is 0 Å². The van der Waals surface area contributed by atoms with Crippen molar-refractivity contribution in [2.45, 2.75) is 75.7 Å². The van der Waals surface area contributed by atoms with Gasteiger partial charge in [0.05, 0.1) is 40.6 Å². The van der Waals surface area contributed by atoms with Gasteiger partial charge >= 0.3 is 5.92 Å². The Hall–Kier alpha value is -5.71. The lowest BCUT2D eigenvalue weighted by Crippen LogP contribution is -2.45. The molecule has 7 heterocycles. The summed E-state index contributed by atoms with van der Waals surface area (Å²) in [5, 5.41) is 14.7. The zero-order valence-electron chi connectivity index (χ0n) is 35.1. The first-order valence-electron chi connectivity index (χ1n) is 21.8. The first-order valence-corrected chi connectivity index (χ1v) is 21.8. The van der Waals surface area contributed by atoms with Gasteiger partial charge in [-0.2, -0.15) is 10.1 Å². The molecule has 0 radical (unpaired) electrons. The maximum Gasteiger partial charge on any atom is 0.301 e. The zero-order valence-corrected chi connectivity index (χ0v) is 35.1. The number of anilines is 4. The molecule has 3 N–H and O–H groups in total. The Bertz CT molecular complexity index is 2660. The van der Waals surface area contributed by atoms with Crippen molar-refractivity contribution < 1.29 is 27.5 Å². The van der Waals surface area contributed by atoms with Crippen LogP contribution in [0.4, 0.5) is 36.3 Å². The van der Waals surface area contributed by atoms with Gasteiger partial charge in [-0.15, -0.1) is 0 Å². The van der Waals surface area contributed by atoms with Crippen molar-refractivity contribution >= 4 is 56.8 Å². The van der Waals surface area contributed by atoms with Crippen LogP contribution in [0.5, 0.6) is 5.75 Å². The van der Waals surface area contributed by atoms with Gasteiger partial charge in [-0.05, 0) is 105 Å². The number of nitrogens with zero attached hydrogens (tertiary/aromatic N) is 7. The number of fused-ring (bicyclic) bond motifs is 4. The molecule has 2 unspecified atom stereocenters. The maximum atomic E-state index is 15.3. The quantitative estimate of drug-likeness (QED) is 0.154. The highest BCUT2D eigenvalue weighted by molar-refractivity contribution is 6.02. The van der Waals surface area contributed by atoms with Crippen LogP contribution in [0.25, 0.3) is 21.8 Å². The van der Waals surface area contributed by atoms with E-state index in [0.29, 0.717) is 66.0 Å². The Morgan fingerprint density at radius 2 is 1.76 bits per heavy atom. The Morgan fingerprint density at radius 1 is 0.952 bits per heavy atom. The lowest BCUT2D eigenvalue weighted by molar-refractivity contribution is -0.134. The number of carbonyl (C=O) groups is 2. The van der Waals surface area contributed by atoms with Gasteiger partial charge < -0.3 is 29.7 Å². The smallest absolute Gasteiger partial charge is 0.301 e. The number of nitrogens with one attached hydrogen (secondary N) is 3. The summed E-state index contributed by atoms with van der Waals surface area (Å²) >= 11 is 0. The van der Waals surface area contributed by atoms with Crippen LogP contribution in [-0.2, 0) is 23.7 Å². The molecule has 3 saturated heterocycles. The van der Waals surface area contributed by atoms with Crippen LogP contribution >= 0.6 is 0 Å². The van der Waals surface area contributed by atoms with E-state index in [2.05, 4.69) is 60.8 Å². The monoisotopic (exact) mass is 852 g/mol. The number of aryl methyl sites for hydroxylation is 2. The largest absolute Gasteiger partial charge is 0.480 e. The number of benzene rings is 2. The van der Waals surface area contributed by atoms with Crippen molar-refractivity contribution in [1.29, 1.82) is 0 Å². The highest BCUT2D eigenvalue weighted by Gasteiger charge is 2.51. The maximum absolute atomic E-state index is 15.3. The van der Waals surface area contributed by atoms with Gasteiger partial charge in [-0.25, -0.2) is 18.2 Å². The number of ether oxygens (including phenoxy) is 1. The van der Waals surface area contributed by atoms with Crippen LogP contribution < -0.4 is 31.1 Å². The Morgan fingerprint density at radius 3 is 2.52 bits per heavy atom. The molecule has 4 fully saturated rings. The molecule has 17 heteroatoms. The van der Waals surface area contributed by atoms with Crippen molar-refractivity contribution in [2.75, 3.05) is 54.9 Å². The molecular formula is C45H51F3N10O4. The molecule has 326 valence electrons. The molecule has 0 spiro atoms. The molecule has 14 nitrogen and oxygen atoms in total. The minimum absolute atomic E-state index is 0.00759. The predicted octanol–water partition coefficient (Wildman–Crippen LogP) is 6.18. The van der Waals surface area contributed by atoms with Crippen molar-refractivity contribution in [3.8, 4) is 5.75 Å². The highest BCUT2D eigenvalue weighted by Crippen LogP contribution is 2.46. The summed E-state index contributed by atoms with van der Waals surface area (Å²) in [6.07, 6.45) is 6.36. The number of alkyl halides is 2. The third-order valence-electron chi connectivity index (χ3n) is 14.0. The Balaban J connectivity index is 0.777. The molecule has 10 rings (SSSR count). The second kappa shape index (κ2) is 15.6. The molecule has 5 aromatic rings. The minimum Gasteiger partial charge on any atom is -0.480 e. The number of imide groups is 1. The van der Waals surface area contributed by atoms with E-state index < -0.39 is 35.9 Å². The van der Waals surface area contributed by atoms with Gasteiger partial charge in [-0.1, -0.05) is 19.1 Å². The van der Waals surface area contributed by atoms with E-state index in [4.69, 9.17) is 9.84 Å². The average Bonchev–Trinajstić information content (AvgIpc) is 4.06.